The highest BCUT2D eigenvalue weighted by atomic mass is 16.7. The lowest BCUT2D eigenvalue weighted by Crippen LogP contribution is -2.41. The maximum atomic E-state index is 12.6. The molecule has 0 bridgehead atoms. The van der Waals surface area contributed by atoms with Gasteiger partial charge in [-0.25, -0.2) is 0 Å². The zero-order valence-corrected chi connectivity index (χ0v) is 14.9. The first-order chi connectivity index (χ1) is 11.2. The van der Waals surface area contributed by atoms with Gasteiger partial charge in [-0.1, -0.05) is 12.1 Å². The Labute approximate surface area is 144 Å². The van der Waals surface area contributed by atoms with Gasteiger partial charge in [-0.3, -0.25) is 4.79 Å². The summed E-state index contributed by atoms with van der Waals surface area (Å²) in [4.78, 5) is 14.4. The Balaban J connectivity index is 1.74. The zero-order valence-electron chi connectivity index (χ0n) is 14.9. The average Bonchev–Trinajstić information content (AvgIpc) is 3.09. The lowest BCUT2D eigenvalue weighted by Gasteiger charge is -2.32. The average molecular weight is 331 g/mol. The third kappa shape index (κ3) is 2.98. The normalized spacial score (nSPS) is 25.3. The van der Waals surface area contributed by atoms with E-state index >= 15 is 0 Å². The molecule has 1 atom stereocenters. The summed E-state index contributed by atoms with van der Waals surface area (Å²) in [7, 11) is -0.420. The van der Waals surface area contributed by atoms with Crippen LogP contribution < -0.4 is 5.46 Å². The van der Waals surface area contributed by atoms with Crippen LogP contribution in [-0.4, -0.2) is 53.4 Å². The van der Waals surface area contributed by atoms with Crippen LogP contribution in [-0.2, 0) is 9.31 Å². The van der Waals surface area contributed by atoms with Crippen molar-refractivity contribution in [3.8, 4) is 0 Å². The Morgan fingerprint density at radius 1 is 1.21 bits per heavy atom. The van der Waals surface area contributed by atoms with E-state index in [1.54, 1.807) is 4.90 Å². The van der Waals surface area contributed by atoms with E-state index in [2.05, 4.69) is 0 Å². The summed E-state index contributed by atoms with van der Waals surface area (Å²) in [6, 6.07) is 7.35. The maximum absolute atomic E-state index is 12.6. The van der Waals surface area contributed by atoms with Crippen molar-refractivity contribution in [2.75, 3.05) is 13.2 Å². The molecule has 2 saturated heterocycles. The zero-order chi connectivity index (χ0) is 17.5. The molecule has 0 saturated carbocycles. The van der Waals surface area contributed by atoms with Crippen LogP contribution in [0, 0.1) is 0 Å². The van der Waals surface area contributed by atoms with Crippen LogP contribution >= 0.6 is 0 Å². The summed E-state index contributed by atoms with van der Waals surface area (Å²) < 4.78 is 12.1. The number of aliphatic hydroxyl groups excluding tert-OH is 1. The molecule has 1 aromatic carbocycles. The number of carbonyl (C=O) groups is 1. The topological polar surface area (TPSA) is 59.0 Å². The van der Waals surface area contributed by atoms with Gasteiger partial charge in [-0.05, 0) is 58.1 Å². The second-order valence-electron chi connectivity index (χ2n) is 7.69. The predicted octanol–water partition coefficient (Wildman–Crippen LogP) is 1.58. The number of likely N-dealkylation sites (tertiary alicyclic amines) is 1. The summed E-state index contributed by atoms with van der Waals surface area (Å²) in [5, 5.41) is 9.39. The van der Waals surface area contributed by atoms with Crippen molar-refractivity contribution in [3.63, 3.8) is 0 Å². The van der Waals surface area contributed by atoms with Crippen molar-refractivity contribution in [2.45, 2.75) is 57.8 Å². The molecule has 2 fully saturated rings. The molecule has 1 N–H and O–H groups in total. The molecule has 6 heteroatoms. The fraction of sp³-hybridized carbons (Fsp3) is 0.611. The fourth-order valence-corrected chi connectivity index (χ4v) is 3.22. The lowest BCUT2D eigenvalue weighted by molar-refractivity contribution is 0.00578. The quantitative estimate of drug-likeness (QED) is 0.855. The van der Waals surface area contributed by atoms with Crippen molar-refractivity contribution < 1.29 is 19.2 Å². The number of amides is 1. The molecule has 130 valence electrons. The van der Waals surface area contributed by atoms with Gasteiger partial charge in [-0.15, -0.1) is 0 Å². The number of nitrogens with zero attached hydrogens (tertiary/aromatic N) is 1. The monoisotopic (exact) mass is 331 g/mol. The van der Waals surface area contributed by atoms with Crippen molar-refractivity contribution >= 4 is 18.5 Å². The minimum atomic E-state index is -0.420. The molecule has 0 aliphatic carbocycles. The van der Waals surface area contributed by atoms with Crippen molar-refractivity contribution in [3.05, 3.63) is 29.8 Å². The number of hydrogen-bond donors (Lipinski definition) is 1. The van der Waals surface area contributed by atoms with Crippen LogP contribution in [0.2, 0.25) is 0 Å². The van der Waals surface area contributed by atoms with Crippen LogP contribution in [0.5, 0.6) is 0 Å². The highest BCUT2D eigenvalue weighted by Crippen LogP contribution is 2.36. The standard InChI is InChI=1S/C18H26BNO4/c1-17(2)18(3,4)24-19(23-17)14-9-7-13(8-10-14)16(22)20-11-5-6-15(20)12-21/h7-10,15,21H,5-6,11-12H2,1-4H3/t15-/m0/s1. The molecular weight excluding hydrogens is 305 g/mol. The third-order valence-corrected chi connectivity index (χ3v) is 5.53. The first-order valence-corrected chi connectivity index (χ1v) is 8.62. The van der Waals surface area contributed by atoms with E-state index in [0.29, 0.717) is 12.1 Å². The van der Waals surface area contributed by atoms with Crippen LogP contribution in [0.15, 0.2) is 24.3 Å². The van der Waals surface area contributed by atoms with Gasteiger partial charge in [0.05, 0.1) is 23.9 Å². The second kappa shape index (κ2) is 6.17. The van der Waals surface area contributed by atoms with E-state index in [1.165, 1.54) is 0 Å². The highest BCUT2D eigenvalue weighted by Gasteiger charge is 2.51. The molecule has 1 aromatic rings. The number of carbonyl (C=O) groups excluding carboxylic acids is 1. The Morgan fingerprint density at radius 2 is 1.79 bits per heavy atom. The summed E-state index contributed by atoms with van der Waals surface area (Å²) in [5.74, 6) is -0.0213. The van der Waals surface area contributed by atoms with Gasteiger partial charge in [-0.2, -0.15) is 0 Å². The SMILES string of the molecule is CC1(C)OB(c2ccc(C(=O)N3CCC[C@H]3CO)cc2)OC1(C)C. The summed E-state index contributed by atoms with van der Waals surface area (Å²) in [5.41, 5.74) is 0.785. The summed E-state index contributed by atoms with van der Waals surface area (Å²) in [6.45, 7) is 8.82. The number of hydrogen-bond acceptors (Lipinski definition) is 4. The molecule has 1 amide bonds. The number of aliphatic hydroxyl groups is 1. The first-order valence-electron chi connectivity index (χ1n) is 8.62. The van der Waals surface area contributed by atoms with Crippen LogP contribution in [0.4, 0.5) is 0 Å². The molecule has 5 nitrogen and oxygen atoms in total. The molecule has 0 spiro atoms. The molecule has 24 heavy (non-hydrogen) atoms. The van der Waals surface area contributed by atoms with E-state index in [0.717, 1.165) is 18.3 Å². The highest BCUT2D eigenvalue weighted by molar-refractivity contribution is 6.62. The molecule has 0 aromatic heterocycles. The van der Waals surface area contributed by atoms with Gasteiger partial charge in [0.25, 0.3) is 5.91 Å². The minimum Gasteiger partial charge on any atom is -0.399 e. The smallest absolute Gasteiger partial charge is 0.399 e. The van der Waals surface area contributed by atoms with E-state index in [1.807, 2.05) is 52.0 Å². The molecular formula is C18H26BNO4. The van der Waals surface area contributed by atoms with Crippen LogP contribution in [0.3, 0.4) is 0 Å². The molecule has 0 radical (unpaired) electrons. The molecule has 2 aliphatic rings. The molecule has 2 heterocycles. The van der Waals surface area contributed by atoms with Crippen molar-refractivity contribution in [1.82, 2.24) is 4.90 Å². The van der Waals surface area contributed by atoms with E-state index < -0.39 is 7.12 Å². The van der Waals surface area contributed by atoms with Crippen molar-refractivity contribution in [2.24, 2.45) is 0 Å². The van der Waals surface area contributed by atoms with Crippen LogP contribution in [0.25, 0.3) is 0 Å². The Kier molecular flexibility index (Phi) is 4.49. The van der Waals surface area contributed by atoms with Crippen LogP contribution in [0.1, 0.15) is 50.9 Å². The van der Waals surface area contributed by atoms with Gasteiger partial charge < -0.3 is 19.3 Å². The third-order valence-electron chi connectivity index (χ3n) is 5.53. The largest absolute Gasteiger partial charge is 0.494 e. The van der Waals surface area contributed by atoms with Crippen molar-refractivity contribution in [1.29, 1.82) is 0 Å². The first kappa shape index (κ1) is 17.5. The lowest BCUT2D eigenvalue weighted by atomic mass is 9.79. The van der Waals surface area contributed by atoms with Gasteiger partial charge in [0.2, 0.25) is 0 Å². The summed E-state index contributed by atoms with van der Waals surface area (Å²) >= 11 is 0. The Bertz CT molecular complexity index is 598. The maximum Gasteiger partial charge on any atom is 0.494 e. The van der Waals surface area contributed by atoms with E-state index in [4.69, 9.17) is 9.31 Å². The summed E-state index contributed by atoms with van der Waals surface area (Å²) in [6.07, 6.45) is 1.82. The van der Waals surface area contributed by atoms with Gasteiger partial charge in [0, 0.05) is 12.1 Å². The second-order valence-corrected chi connectivity index (χ2v) is 7.69. The molecule has 2 aliphatic heterocycles. The predicted molar refractivity (Wildman–Crippen MR) is 93.3 cm³/mol. The molecule has 3 rings (SSSR count). The van der Waals surface area contributed by atoms with E-state index in [9.17, 15) is 9.90 Å². The minimum absolute atomic E-state index is 0.0213. The van der Waals surface area contributed by atoms with Gasteiger partial charge in [0.15, 0.2) is 0 Å². The fourth-order valence-electron chi connectivity index (χ4n) is 3.22. The molecule has 0 unspecified atom stereocenters. The number of rotatable bonds is 3. The Hall–Kier alpha value is -1.37. The Morgan fingerprint density at radius 3 is 2.33 bits per heavy atom. The van der Waals surface area contributed by atoms with Gasteiger partial charge >= 0.3 is 7.12 Å². The van der Waals surface area contributed by atoms with Gasteiger partial charge in [0.1, 0.15) is 0 Å². The number of benzene rings is 1. The van der Waals surface area contributed by atoms with E-state index in [-0.39, 0.29) is 29.8 Å².